The highest BCUT2D eigenvalue weighted by Gasteiger charge is 2.31. The van der Waals surface area contributed by atoms with E-state index in [4.69, 9.17) is 11.6 Å². The molecule has 0 amide bonds. The first-order valence-corrected chi connectivity index (χ1v) is 6.81. The van der Waals surface area contributed by atoms with Crippen molar-refractivity contribution in [3.8, 4) is 0 Å². The molecule has 0 spiro atoms. The minimum Gasteiger partial charge on any atom is -0.370 e. The van der Waals surface area contributed by atoms with E-state index in [0.717, 1.165) is 24.3 Å². The van der Waals surface area contributed by atoms with Crippen LogP contribution in [0.3, 0.4) is 0 Å². The van der Waals surface area contributed by atoms with Crippen LogP contribution >= 0.6 is 11.6 Å². The number of alkyl halides is 1. The predicted molar refractivity (Wildman–Crippen MR) is 74.8 cm³/mol. The first-order chi connectivity index (χ1) is 8.51. The number of rotatable bonds is 3. The monoisotopic (exact) mass is 270 g/mol. The molecule has 1 aromatic carbocycles. The lowest BCUT2D eigenvalue weighted by Crippen LogP contribution is -2.34. The Hall–Kier alpha value is -0.800. The van der Waals surface area contributed by atoms with Gasteiger partial charge in [-0.3, -0.25) is 0 Å². The van der Waals surface area contributed by atoms with Crippen LogP contribution in [0.5, 0.6) is 0 Å². The average Bonchev–Trinajstić information content (AvgIpc) is 2.70. The summed E-state index contributed by atoms with van der Waals surface area (Å²) in [7, 11) is 4.20. The standard InChI is InChI=1S/C14H20ClFN2/c1-10-8-18(9-14(10)17(2)3)13-5-11(7-15)4-12(16)6-13/h4-6,10,14H,7-9H2,1-3H3. The molecule has 1 aliphatic rings. The molecular weight excluding hydrogens is 251 g/mol. The maximum Gasteiger partial charge on any atom is 0.125 e. The zero-order chi connectivity index (χ0) is 13.3. The molecule has 1 saturated heterocycles. The SMILES string of the molecule is CC1CN(c2cc(F)cc(CCl)c2)CC1N(C)C. The predicted octanol–water partition coefficient (Wildman–Crippen LogP) is 2.95. The lowest BCUT2D eigenvalue weighted by Gasteiger charge is -2.23. The molecule has 2 unspecified atom stereocenters. The smallest absolute Gasteiger partial charge is 0.125 e. The second-order valence-corrected chi connectivity index (χ2v) is 5.63. The van der Waals surface area contributed by atoms with E-state index >= 15 is 0 Å². The zero-order valence-corrected chi connectivity index (χ0v) is 11.9. The highest BCUT2D eigenvalue weighted by molar-refractivity contribution is 6.17. The third-order valence-corrected chi connectivity index (χ3v) is 4.01. The second-order valence-electron chi connectivity index (χ2n) is 5.36. The van der Waals surface area contributed by atoms with E-state index in [1.54, 1.807) is 6.07 Å². The van der Waals surface area contributed by atoms with Crippen LogP contribution < -0.4 is 4.90 Å². The Balaban J connectivity index is 2.20. The van der Waals surface area contributed by atoms with Crippen molar-refractivity contribution in [3.05, 3.63) is 29.6 Å². The van der Waals surface area contributed by atoms with Crippen LogP contribution in [-0.2, 0) is 5.88 Å². The van der Waals surface area contributed by atoms with Gasteiger partial charge in [0.15, 0.2) is 0 Å². The van der Waals surface area contributed by atoms with Gasteiger partial charge in [0.25, 0.3) is 0 Å². The number of halogens is 2. The number of hydrogen-bond acceptors (Lipinski definition) is 2. The van der Waals surface area contributed by atoms with Crippen molar-refractivity contribution in [1.29, 1.82) is 0 Å². The molecule has 2 atom stereocenters. The molecule has 0 N–H and O–H groups in total. The molecule has 1 aromatic rings. The summed E-state index contributed by atoms with van der Waals surface area (Å²) in [5.74, 6) is 0.734. The first kappa shape index (κ1) is 13.6. The Morgan fingerprint density at radius 3 is 2.61 bits per heavy atom. The Morgan fingerprint density at radius 1 is 1.33 bits per heavy atom. The molecule has 1 heterocycles. The molecule has 0 radical (unpaired) electrons. The van der Waals surface area contributed by atoms with Crippen molar-refractivity contribution < 1.29 is 4.39 Å². The van der Waals surface area contributed by atoms with Crippen LogP contribution in [0.15, 0.2) is 18.2 Å². The summed E-state index contributed by atoms with van der Waals surface area (Å²) in [5.41, 5.74) is 1.79. The lowest BCUT2D eigenvalue weighted by molar-refractivity contribution is 0.266. The minimum absolute atomic E-state index is 0.205. The lowest BCUT2D eigenvalue weighted by atomic mass is 10.1. The Bertz CT molecular complexity index is 422. The Morgan fingerprint density at radius 2 is 2.06 bits per heavy atom. The molecule has 100 valence electrons. The van der Waals surface area contributed by atoms with E-state index in [-0.39, 0.29) is 5.82 Å². The molecule has 4 heteroatoms. The Labute approximate surface area is 113 Å². The van der Waals surface area contributed by atoms with Crippen molar-refractivity contribution in [2.45, 2.75) is 18.8 Å². The highest BCUT2D eigenvalue weighted by Crippen LogP contribution is 2.27. The largest absolute Gasteiger partial charge is 0.370 e. The van der Waals surface area contributed by atoms with Gasteiger partial charge in [-0.15, -0.1) is 11.6 Å². The van der Waals surface area contributed by atoms with E-state index in [2.05, 4.69) is 30.8 Å². The van der Waals surface area contributed by atoms with Crippen LogP contribution in [0.2, 0.25) is 0 Å². The third kappa shape index (κ3) is 2.78. The number of hydrogen-bond donors (Lipinski definition) is 0. The highest BCUT2D eigenvalue weighted by atomic mass is 35.5. The molecule has 2 rings (SSSR count). The van der Waals surface area contributed by atoms with E-state index in [9.17, 15) is 4.39 Å². The Kier molecular flexibility index (Phi) is 4.13. The summed E-state index contributed by atoms with van der Waals surface area (Å²) in [4.78, 5) is 4.49. The van der Waals surface area contributed by atoms with Gasteiger partial charge >= 0.3 is 0 Å². The van der Waals surface area contributed by atoms with E-state index in [1.807, 2.05) is 6.07 Å². The molecule has 2 nitrogen and oxygen atoms in total. The van der Waals surface area contributed by atoms with Crippen LogP contribution in [0, 0.1) is 11.7 Å². The van der Waals surface area contributed by atoms with Crippen LogP contribution in [0.25, 0.3) is 0 Å². The quantitative estimate of drug-likeness (QED) is 0.780. The van der Waals surface area contributed by atoms with Gasteiger partial charge in [-0.2, -0.15) is 0 Å². The molecule has 0 aliphatic carbocycles. The zero-order valence-electron chi connectivity index (χ0n) is 11.2. The molecule has 18 heavy (non-hydrogen) atoms. The van der Waals surface area contributed by atoms with E-state index in [1.165, 1.54) is 6.07 Å². The first-order valence-electron chi connectivity index (χ1n) is 6.28. The van der Waals surface area contributed by atoms with Crippen molar-refractivity contribution >= 4 is 17.3 Å². The second kappa shape index (κ2) is 5.45. The van der Waals surface area contributed by atoms with Gasteiger partial charge in [0.05, 0.1) is 0 Å². The molecule has 0 aromatic heterocycles. The third-order valence-electron chi connectivity index (χ3n) is 3.70. The molecular formula is C14H20ClFN2. The molecule has 0 bridgehead atoms. The van der Waals surface area contributed by atoms with Gasteiger partial charge in [-0.05, 0) is 43.8 Å². The van der Waals surface area contributed by atoms with Crippen LogP contribution in [0.1, 0.15) is 12.5 Å². The normalized spacial score (nSPS) is 24.0. The maximum atomic E-state index is 13.5. The average molecular weight is 271 g/mol. The van der Waals surface area contributed by atoms with Crippen molar-refractivity contribution in [2.75, 3.05) is 32.1 Å². The summed E-state index contributed by atoms with van der Waals surface area (Å²) >= 11 is 5.79. The summed E-state index contributed by atoms with van der Waals surface area (Å²) < 4.78 is 13.5. The van der Waals surface area contributed by atoms with Crippen molar-refractivity contribution in [2.24, 2.45) is 5.92 Å². The van der Waals surface area contributed by atoms with Gasteiger partial charge in [0, 0.05) is 30.7 Å². The minimum atomic E-state index is -0.205. The molecule has 0 saturated carbocycles. The number of nitrogens with zero attached hydrogens (tertiary/aromatic N) is 2. The molecule has 1 fully saturated rings. The van der Waals surface area contributed by atoms with Crippen LogP contribution in [0.4, 0.5) is 10.1 Å². The fourth-order valence-corrected chi connectivity index (χ4v) is 2.88. The van der Waals surface area contributed by atoms with Gasteiger partial charge in [0.1, 0.15) is 5.82 Å². The van der Waals surface area contributed by atoms with Gasteiger partial charge in [-0.1, -0.05) is 6.92 Å². The van der Waals surface area contributed by atoms with Gasteiger partial charge in [-0.25, -0.2) is 4.39 Å². The fourth-order valence-electron chi connectivity index (χ4n) is 2.73. The van der Waals surface area contributed by atoms with Crippen molar-refractivity contribution in [3.63, 3.8) is 0 Å². The number of likely N-dealkylation sites (N-methyl/N-ethyl adjacent to an activating group) is 1. The van der Waals surface area contributed by atoms with Crippen molar-refractivity contribution in [1.82, 2.24) is 4.90 Å². The summed E-state index contributed by atoms with van der Waals surface area (Å²) in [6.45, 7) is 4.15. The van der Waals surface area contributed by atoms with E-state index < -0.39 is 0 Å². The van der Waals surface area contributed by atoms with Gasteiger partial charge < -0.3 is 9.80 Å². The molecule has 1 aliphatic heterocycles. The number of benzene rings is 1. The maximum absolute atomic E-state index is 13.5. The summed E-state index contributed by atoms with van der Waals surface area (Å²) in [6.07, 6.45) is 0. The van der Waals surface area contributed by atoms with Crippen LogP contribution in [-0.4, -0.2) is 38.1 Å². The van der Waals surface area contributed by atoms with E-state index in [0.29, 0.717) is 17.8 Å². The van der Waals surface area contributed by atoms with Gasteiger partial charge in [0.2, 0.25) is 0 Å². The fraction of sp³-hybridized carbons (Fsp3) is 0.571. The topological polar surface area (TPSA) is 6.48 Å². The number of anilines is 1. The summed E-state index contributed by atoms with van der Waals surface area (Å²) in [6, 6.07) is 5.61. The summed E-state index contributed by atoms with van der Waals surface area (Å²) in [5, 5.41) is 0.